The first-order chi connectivity index (χ1) is 16.3. The summed E-state index contributed by atoms with van der Waals surface area (Å²) in [6, 6.07) is 5.93. The van der Waals surface area contributed by atoms with Crippen LogP contribution in [0.3, 0.4) is 0 Å². The molecule has 0 radical (unpaired) electrons. The van der Waals surface area contributed by atoms with Crippen molar-refractivity contribution in [3.63, 3.8) is 0 Å². The number of aryl methyl sites for hydroxylation is 1. The van der Waals surface area contributed by atoms with Gasteiger partial charge in [-0.1, -0.05) is 19.9 Å². The molecule has 0 aromatic carbocycles. The van der Waals surface area contributed by atoms with Crippen LogP contribution in [0.25, 0.3) is 11.5 Å². The summed E-state index contributed by atoms with van der Waals surface area (Å²) in [7, 11) is 0. The molecule has 5 N–H and O–H groups in total. The van der Waals surface area contributed by atoms with Crippen molar-refractivity contribution in [2.24, 2.45) is 22.4 Å². The Morgan fingerprint density at radius 1 is 1.35 bits per heavy atom. The Balaban J connectivity index is 1.72. The van der Waals surface area contributed by atoms with Crippen LogP contribution in [0.1, 0.15) is 57.2 Å². The van der Waals surface area contributed by atoms with E-state index in [1.165, 1.54) is 0 Å². The number of aliphatic imine (C=N–C) groups is 1. The van der Waals surface area contributed by atoms with Gasteiger partial charge in [-0.15, -0.1) is 0 Å². The molecule has 1 fully saturated rings. The third kappa shape index (κ3) is 6.21. The van der Waals surface area contributed by atoms with Crippen LogP contribution in [0.5, 0.6) is 0 Å². The van der Waals surface area contributed by atoms with E-state index in [2.05, 4.69) is 35.4 Å². The molecule has 2 aromatic rings. The molecule has 3 heterocycles. The Hall–Kier alpha value is -2.78. The van der Waals surface area contributed by atoms with Crippen molar-refractivity contribution in [3.05, 3.63) is 53.3 Å². The van der Waals surface area contributed by atoms with E-state index in [1.54, 1.807) is 17.0 Å². The molecule has 2 aromatic heterocycles. The molecule has 2 unspecified atom stereocenters. The van der Waals surface area contributed by atoms with E-state index in [-0.39, 0.29) is 5.54 Å². The second-order valence-electron chi connectivity index (χ2n) is 9.21. The Morgan fingerprint density at radius 2 is 2.15 bits per heavy atom. The van der Waals surface area contributed by atoms with Gasteiger partial charge in [0.25, 0.3) is 0 Å². The Bertz CT molecular complexity index is 1050. The van der Waals surface area contributed by atoms with Crippen molar-refractivity contribution in [1.82, 2.24) is 14.8 Å². The molecule has 0 amide bonds. The topological polar surface area (TPSA) is 119 Å². The summed E-state index contributed by atoms with van der Waals surface area (Å²) in [4.78, 5) is 11.8. The lowest BCUT2D eigenvalue weighted by Crippen LogP contribution is -2.41. The molecular weight excluding hydrogens is 446 g/mol. The molecule has 0 saturated carbocycles. The zero-order valence-corrected chi connectivity index (χ0v) is 21.3. The number of aromatic nitrogens is 3. The van der Waals surface area contributed by atoms with Crippen LogP contribution in [-0.2, 0) is 0 Å². The molecule has 0 bridgehead atoms. The number of rotatable bonds is 11. The minimum atomic E-state index is 0.00294. The number of hydrogen-bond donors (Lipinski definition) is 3. The lowest BCUT2D eigenvalue weighted by Gasteiger charge is -2.36. The molecule has 2 atom stereocenters. The fourth-order valence-corrected chi connectivity index (χ4v) is 4.70. The Labute approximate surface area is 207 Å². The van der Waals surface area contributed by atoms with Crippen LogP contribution in [0.15, 0.2) is 47.1 Å². The predicted molar refractivity (Wildman–Crippen MR) is 143 cm³/mol. The fraction of sp³-hybridized carbons (Fsp3) is 0.480. The van der Waals surface area contributed by atoms with Crippen molar-refractivity contribution in [2.75, 3.05) is 18.0 Å². The average Bonchev–Trinajstić information content (AvgIpc) is 3.41. The van der Waals surface area contributed by atoms with Crippen molar-refractivity contribution in [1.29, 1.82) is 0 Å². The molecule has 8 nitrogen and oxygen atoms in total. The monoisotopic (exact) mass is 483 g/mol. The summed E-state index contributed by atoms with van der Waals surface area (Å²) in [6.45, 7) is 12.2. The Morgan fingerprint density at radius 3 is 2.79 bits per heavy atom. The third-order valence-electron chi connectivity index (χ3n) is 6.60. The van der Waals surface area contributed by atoms with Crippen LogP contribution in [-0.4, -0.2) is 44.2 Å². The lowest BCUT2D eigenvalue weighted by atomic mass is 9.89. The van der Waals surface area contributed by atoms with Crippen LogP contribution in [0.2, 0.25) is 0 Å². The predicted octanol–water partition coefficient (Wildman–Crippen LogP) is 4.75. The highest BCUT2D eigenvalue weighted by molar-refractivity contribution is 7.97. The molecular formula is C25H37N7OS. The number of hydrogen-bond acceptors (Lipinski definition) is 8. The number of nitrogens with zero attached hydrogens (tertiary/aromatic N) is 5. The van der Waals surface area contributed by atoms with E-state index in [0.717, 1.165) is 68.1 Å². The van der Waals surface area contributed by atoms with Gasteiger partial charge in [0.2, 0.25) is 0 Å². The maximum absolute atomic E-state index is 8.82. The second-order valence-corrected chi connectivity index (χ2v) is 9.86. The summed E-state index contributed by atoms with van der Waals surface area (Å²) in [5, 5.41) is 4.87. The first-order valence-electron chi connectivity index (χ1n) is 11.8. The van der Waals surface area contributed by atoms with Crippen LogP contribution in [0.4, 0.5) is 5.82 Å². The van der Waals surface area contributed by atoms with E-state index >= 15 is 0 Å². The molecule has 1 aliphatic rings. The molecule has 0 spiro atoms. The van der Waals surface area contributed by atoms with Crippen LogP contribution >= 0.6 is 12.0 Å². The van der Waals surface area contributed by atoms with Crippen LogP contribution in [0, 0.1) is 12.8 Å². The van der Waals surface area contributed by atoms with Gasteiger partial charge in [-0.2, -0.15) is 5.10 Å². The number of unbranched alkanes of at least 4 members (excludes halogenated alkanes) is 1. The largest absolute Gasteiger partial charge is 0.399 e. The van der Waals surface area contributed by atoms with Crippen LogP contribution < -0.4 is 16.4 Å². The van der Waals surface area contributed by atoms with Gasteiger partial charge in [0.1, 0.15) is 5.82 Å². The standard InChI is InChI=1S/C25H37N7OS/c1-5-25(4)16-20(8-6-7-13-28-14-11-22(27)34-33)17-31(25)24-21(19(3)26)9-10-23(29-24)32-15-12-18(2)30-32/h9-12,14-15,20,33H,3,5-8,13,16-17,26-27H2,1-2,4H3. The van der Waals surface area contributed by atoms with E-state index in [9.17, 15) is 0 Å². The summed E-state index contributed by atoms with van der Waals surface area (Å²) in [5.41, 5.74) is 14.1. The van der Waals surface area contributed by atoms with Gasteiger partial charge in [-0.05, 0) is 69.7 Å². The van der Waals surface area contributed by atoms with E-state index in [1.807, 2.05) is 31.3 Å². The third-order valence-corrected chi connectivity index (χ3v) is 6.95. The van der Waals surface area contributed by atoms with Gasteiger partial charge in [0.15, 0.2) is 5.82 Å². The smallest absolute Gasteiger partial charge is 0.155 e. The first kappa shape index (κ1) is 25.8. The van der Waals surface area contributed by atoms with Gasteiger partial charge >= 0.3 is 0 Å². The van der Waals surface area contributed by atoms with Crippen molar-refractivity contribution < 1.29 is 4.55 Å². The maximum atomic E-state index is 8.82. The van der Waals surface area contributed by atoms with Crippen molar-refractivity contribution >= 4 is 29.8 Å². The molecule has 184 valence electrons. The minimum absolute atomic E-state index is 0.00294. The van der Waals surface area contributed by atoms with Gasteiger partial charge in [-0.25, -0.2) is 9.67 Å². The van der Waals surface area contributed by atoms with Gasteiger partial charge in [0, 0.05) is 54.3 Å². The lowest BCUT2D eigenvalue weighted by molar-refractivity contribution is 0.405. The van der Waals surface area contributed by atoms with Gasteiger partial charge < -0.3 is 20.9 Å². The number of pyridine rings is 1. The van der Waals surface area contributed by atoms with Crippen molar-refractivity contribution in [2.45, 2.75) is 58.4 Å². The van der Waals surface area contributed by atoms with Gasteiger partial charge in [0.05, 0.1) is 10.7 Å². The minimum Gasteiger partial charge on any atom is -0.399 e. The molecule has 0 aliphatic carbocycles. The normalized spacial score (nSPS) is 21.0. The highest BCUT2D eigenvalue weighted by Crippen LogP contribution is 2.42. The first-order valence-corrected chi connectivity index (χ1v) is 12.6. The summed E-state index contributed by atoms with van der Waals surface area (Å²) in [6.07, 6.45) is 10.6. The summed E-state index contributed by atoms with van der Waals surface area (Å²) >= 11 is 0.533. The van der Waals surface area contributed by atoms with E-state index in [4.69, 9.17) is 21.0 Å². The quantitative estimate of drug-likeness (QED) is 0.240. The van der Waals surface area contributed by atoms with Gasteiger partial charge in [-0.3, -0.25) is 4.99 Å². The molecule has 9 heteroatoms. The average molecular weight is 484 g/mol. The SMILES string of the molecule is C=C(N)c1ccc(-n2ccc(C)n2)nc1N1CC(CCCCN=CC=C(N)SO)CC1(C)CC. The molecule has 1 aliphatic heterocycles. The van der Waals surface area contributed by atoms with E-state index in [0.29, 0.717) is 28.7 Å². The number of nitrogens with two attached hydrogens (primary N) is 2. The summed E-state index contributed by atoms with van der Waals surface area (Å²) < 4.78 is 10.6. The van der Waals surface area contributed by atoms with Crippen molar-refractivity contribution in [3.8, 4) is 5.82 Å². The Kier molecular flexibility index (Phi) is 8.79. The second kappa shape index (κ2) is 11.6. The zero-order valence-electron chi connectivity index (χ0n) is 20.4. The summed E-state index contributed by atoms with van der Waals surface area (Å²) in [5.74, 6) is 2.24. The number of anilines is 1. The maximum Gasteiger partial charge on any atom is 0.155 e. The highest BCUT2D eigenvalue weighted by atomic mass is 32.2. The molecule has 1 saturated heterocycles. The molecule has 34 heavy (non-hydrogen) atoms. The number of allylic oxidation sites excluding steroid dienone is 1. The zero-order chi connectivity index (χ0) is 24.7. The highest BCUT2D eigenvalue weighted by Gasteiger charge is 2.42. The van der Waals surface area contributed by atoms with E-state index < -0.39 is 0 Å². The molecule has 3 rings (SSSR count). The fourth-order valence-electron chi connectivity index (χ4n) is 4.58.